The summed E-state index contributed by atoms with van der Waals surface area (Å²) in [4.78, 5) is 29.7. The smallest absolute Gasteiger partial charge is 0.262 e. The second kappa shape index (κ2) is 14.9. The Morgan fingerprint density at radius 1 is 0.978 bits per heavy atom. The maximum atomic E-state index is 14.1. The Morgan fingerprint density at radius 3 is 2.56 bits per heavy atom. The number of anilines is 1. The number of fused-ring (bicyclic) bond motifs is 2. The molecule has 2 aliphatic heterocycles. The van der Waals surface area contributed by atoms with E-state index in [1.165, 1.54) is 18.7 Å². The molecule has 0 spiro atoms. The van der Waals surface area contributed by atoms with E-state index in [4.69, 9.17) is 23.7 Å². The van der Waals surface area contributed by atoms with Crippen LogP contribution >= 0.6 is 11.8 Å². The van der Waals surface area contributed by atoms with Crippen molar-refractivity contribution in [3.05, 3.63) is 66.2 Å². The predicted octanol–water partition coefficient (Wildman–Crippen LogP) is 4.74. The molecule has 1 N–H and O–H groups in total. The van der Waals surface area contributed by atoms with E-state index in [9.17, 15) is 9.59 Å². The number of nitrogens with zero attached hydrogens (tertiary/aromatic N) is 2. The summed E-state index contributed by atoms with van der Waals surface area (Å²) in [6.45, 7) is 5.31. The number of rotatable bonds is 15. The number of ketones is 1. The highest BCUT2D eigenvalue weighted by Gasteiger charge is 2.49. The number of carbonyl (C=O) groups excluding carboxylic acids is 2. The lowest BCUT2D eigenvalue weighted by Crippen LogP contribution is -2.55. The molecule has 2 aliphatic rings. The number of likely N-dealkylation sites (N-methyl/N-ethyl adjacent to an activating group) is 2. The lowest BCUT2D eigenvalue weighted by molar-refractivity contribution is -0.122. The molecule has 3 aromatic rings. The number of unbranched alkanes of at least 4 members (excludes halogenated alkanes) is 1. The molecule has 11 heteroatoms. The molecular weight excluding hydrogens is 594 g/mol. The van der Waals surface area contributed by atoms with Gasteiger partial charge in [-0.25, -0.2) is 0 Å². The summed E-state index contributed by atoms with van der Waals surface area (Å²) < 4.78 is 29.0. The number of para-hydroxylation sites is 1. The van der Waals surface area contributed by atoms with Gasteiger partial charge in [0.25, 0.3) is 5.91 Å². The van der Waals surface area contributed by atoms with Gasteiger partial charge in [0, 0.05) is 30.1 Å². The molecule has 0 aliphatic carbocycles. The molecule has 0 radical (unpaired) electrons. The number of amides is 1. The summed E-state index contributed by atoms with van der Waals surface area (Å²) in [6.07, 6.45) is 1.74. The summed E-state index contributed by atoms with van der Waals surface area (Å²) in [5.41, 5.74) is 1.44. The Morgan fingerprint density at radius 2 is 1.76 bits per heavy atom. The van der Waals surface area contributed by atoms with E-state index in [0.717, 1.165) is 53.8 Å². The van der Waals surface area contributed by atoms with Gasteiger partial charge < -0.3 is 33.5 Å². The number of methoxy groups -OCH3 is 1. The fourth-order valence-electron chi connectivity index (χ4n) is 5.25. The van der Waals surface area contributed by atoms with Crippen molar-refractivity contribution in [2.24, 2.45) is 0 Å². The van der Waals surface area contributed by atoms with Crippen LogP contribution in [0.3, 0.4) is 0 Å². The number of Topliss-reactive ketones (excluding diaryl/α,β-unsaturated/α-hetero) is 1. The molecule has 1 amide bonds. The standard InChI is InChI=1S/C34H41N3O7S/c1-24(38)23-35-34(33(39)37(3)28-9-5-6-10-32(28)45-34)27-21-25(40-4)11-13-29(27)42-17-8-7-15-36(2)16-18-41-26-12-14-30-31(22-26)44-20-19-43-30/h5-6,9-14,21-22,35H,7-8,15-20,23H2,1-4H3. The quantitative estimate of drug-likeness (QED) is 0.236. The molecule has 0 fully saturated rings. The van der Waals surface area contributed by atoms with Gasteiger partial charge in [0.05, 0.1) is 25.9 Å². The van der Waals surface area contributed by atoms with Crippen molar-refractivity contribution in [3.8, 4) is 28.7 Å². The molecule has 240 valence electrons. The Bertz CT molecular complexity index is 1500. The molecule has 1 unspecified atom stereocenters. The summed E-state index contributed by atoms with van der Waals surface area (Å²) in [5.74, 6) is 3.13. The van der Waals surface area contributed by atoms with Gasteiger partial charge in [-0.15, -0.1) is 0 Å². The monoisotopic (exact) mass is 635 g/mol. The van der Waals surface area contributed by atoms with Crippen LogP contribution in [0.5, 0.6) is 28.7 Å². The summed E-state index contributed by atoms with van der Waals surface area (Å²) in [7, 11) is 5.41. The lowest BCUT2D eigenvalue weighted by Gasteiger charge is -2.41. The number of hydrogen-bond acceptors (Lipinski definition) is 10. The fourth-order valence-corrected chi connectivity index (χ4v) is 6.67. The Balaban J connectivity index is 1.19. The minimum atomic E-state index is -1.28. The highest BCUT2D eigenvalue weighted by Crippen LogP contribution is 2.51. The van der Waals surface area contributed by atoms with Gasteiger partial charge in [-0.05, 0) is 75.8 Å². The second-order valence-corrected chi connectivity index (χ2v) is 12.3. The summed E-state index contributed by atoms with van der Waals surface area (Å²) >= 11 is 1.38. The van der Waals surface area contributed by atoms with Crippen molar-refractivity contribution in [1.29, 1.82) is 0 Å². The van der Waals surface area contributed by atoms with Gasteiger partial charge >= 0.3 is 0 Å². The number of ether oxygens (including phenoxy) is 5. The lowest BCUT2D eigenvalue weighted by atomic mass is 10.0. The van der Waals surface area contributed by atoms with E-state index in [0.29, 0.717) is 43.5 Å². The molecule has 5 rings (SSSR count). The number of thioether (sulfide) groups is 1. The van der Waals surface area contributed by atoms with Crippen molar-refractivity contribution >= 4 is 29.1 Å². The second-order valence-electron chi connectivity index (χ2n) is 11.0. The van der Waals surface area contributed by atoms with E-state index in [1.807, 2.05) is 60.7 Å². The van der Waals surface area contributed by atoms with Gasteiger partial charge in [-0.3, -0.25) is 14.9 Å². The minimum Gasteiger partial charge on any atom is -0.497 e. The molecular formula is C34H41N3O7S. The van der Waals surface area contributed by atoms with Crippen molar-refractivity contribution in [2.75, 3.05) is 72.2 Å². The predicted molar refractivity (Wildman–Crippen MR) is 174 cm³/mol. The Hall–Kier alpha value is -3.93. The highest BCUT2D eigenvalue weighted by atomic mass is 32.2. The SMILES string of the molecule is COc1ccc(OCCCCN(C)CCOc2ccc3c(c2)OCCO3)c(C2(NCC(C)=O)Sc3ccccc3N(C)C2=O)c1. The fraction of sp³-hybridized carbons (Fsp3) is 0.412. The molecule has 0 bridgehead atoms. The third kappa shape index (κ3) is 7.66. The first-order valence-electron chi connectivity index (χ1n) is 15.1. The zero-order valence-corrected chi connectivity index (χ0v) is 27.1. The number of hydrogen-bond donors (Lipinski definition) is 1. The first-order valence-corrected chi connectivity index (χ1v) is 16.0. The van der Waals surface area contributed by atoms with E-state index >= 15 is 0 Å². The van der Waals surface area contributed by atoms with Crippen LogP contribution in [0.1, 0.15) is 25.3 Å². The van der Waals surface area contributed by atoms with Gasteiger partial charge in [0.1, 0.15) is 42.9 Å². The maximum absolute atomic E-state index is 14.1. The average molecular weight is 636 g/mol. The van der Waals surface area contributed by atoms with Crippen molar-refractivity contribution in [3.63, 3.8) is 0 Å². The summed E-state index contributed by atoms with van der Waals surface area (Å²) in [5, 5.41) is 3.28. The van der Waals surface area contributed by atoms with E-state index < -0.39 is 4.87 Å². The van der Waals surface area contributed by atoms with Crippen LogP contribution in [0.4, 0.5) is 5.69 Å². The molecule has 10 nitrogen and oxygen atoms in total. The van der Waals surface area contributed by atoms with Gasteiger partial charge in [0.15, 0.2) is 16.4 Å². The van der Waals surface area contributed by atoms with Crippen LogP contribution in [0, 0.1) is 0 Å². The zero-order valence-electron chi connectivity index (χ0n) is 26.3. The molecule has 0 saturated carbocycles. The first kappa shape index (κ1) is 32.5. The molecule has 45 heavy (non-hydrogen) atoms. The third-order valence-electron chi connectivity index (χ3n) is 7.69. The van der Waals surface area contributed by atoms with Crippen LogP contribution in [0.15, 0.2) is 65.6 Å². The molecule has 0 saturated heterocycles. The molecule has 1 atom stereocenters. The highest BCUT2D eigenvalue weighted by molar-refractivity contribution is 8.01. The Labute approximate surface area is 268 Å². The van der Waals surface area contributed by atoms with Crippen LogP contribution in [0.2, 0.25) is 0 Å². The van der Waals surface area contributed by atoms with Crippen LogP contribution < -0.4 is 33.9 Å². The number of nitrogens with one attached hydrogen (secondary N) is 1. The minimum absolute atomic E-state index is 0.0239. The average Bonchev–Trinajstić information content (AvgIpc) is 3.05. The third-order valence-corrected chi connectivity index (χ3v) is 9.11. The van der Waals surface area contributed by atoms with E-state index in [2.05, 4.69) is 17.3 Å². The maximum Gasteiger partial charge on any atom is 0.262 e. The van der Waals surface area contributed by atoms with E-state index in [1.54, 1.807) is 19.1 Å². The first-order chi connectivity index (χ1) is 21.8. The molecule has 3 aromatic carbocycles. The number of carbonyl (C=O) groups is 2. The van der Waals surface area contributed by atoms with Crippen molar-refractivity contribution < 1.29 is 33.3 Å². The van der Waals surface area contributed by atoms with Gasteiger partial charge in [-0.2, -0.15) is 0 Å². The van der Waals surface area contributed by atoms with Crippen LogP contribution in [0.25, 0.3) is 0 Å². The van der Waals surface area contributed by atoms with Crippen molar-refractivity contribution in [2.45, 2.75) is 29.5 Å². The van der Waals surface area contributed by atoms with Crippen LogP contribution in [-0.2, 0) is 14.5 Å². The van der Waals surface area contributed by atoms with Gasteiger partial charge in [0.2, 0.25) is 0 Å². The van der Waals surface area contributed by atoms with Gasteiger partial charge in [-0.1, -0.05) is 23.9 Å². The van der Waals surface area contributed by atoms with Crippen molar-refractivity contribution in [1.82, 2.24) is 10.2 Å². The molecule has 2 heterocycles. The largest absolute Gasteiger partial charge is 0.497 e. The molecule has 0 aromatic heterocycles. The normalized spacial score (nSPS) is 17.2. The number of benzene rings is 3. The van der Waals surface area contributed by atoms with Crippen LogP contribution in [-0.4, -0.2) is 83.9 Å². The topological polar surface area (TPSA) is 98.8 Å². The van der Waals surface area contributed by atoms with E-state index in [-0.39, 0.29) is 18.2 Å². The zero-order chi connectivity index (χ0) is 31.8. The Kier molecular flexibility index (Phi) is 10.7. The summed E-state index contributed by atoms with van der Waals surface area (Å²) in [6, 6.07) is 18.9.